The topological polar surface area (TPSA) is 34.0 Å². The van der Waals surface area contributed by atoms with E-state index < -0.39 is 0 Å². The fourth-order valence-electron chi connectivity index (χ4n) is 1.57. The van der Waals surface area contributed by atoms with Crippen LogP contribution >= 0.6 is 11.8 Å². The summed E-state index contributed by atoms with van der Waals surface area (Å²) in [6.45, 7) is 4.04. The van der Waals surface area contributed by atoms with Crippen LogP contribution in [0, 0.1) is 11.8 Å². The number of halogens is 1. The molecule has 2 heterocycles. The van der Waals surface area contributed by atoms with E-state index >= 15 is 0 Å². The molecule has 0 saturated heterocycles. The molecule has 5 heteroatoms. The molecular formula is C14H15ClN4. The Hall–Kier alpha value is -1.99. The van der Waals surface area contributed by atoms with Gasteiger partial charge in [-0.3, -0.25) is 14.1 Å². The predicted molar refractivity (Wildman–Crippen MR) is 76.9 cm³/mol. The van der Waals surface area contributed by atoms with Crippen LogP contribution < -0.4 is 4.42 Å². The zero-order valence-electron chi connectivity index (χ0n) is 11.1. The third-order valence-electron chi connectivity index (χ3n) is 2.53. The molecule has 19 heavy (non-hydrogen) atoms. The molecule has 0 amide bonds. The molecule has 98 valence electrons. The van der Waals surface area contributed by atoms with E-state index in [1.54, 1.807) is 27.7 Å². The summed E-state index contributed by atoms with van der Waals surface area (Å²) in [6.07, 6.45) is 7.02. The Balaban J connectivity index is 2.33. The van der Waals surface area contributed by atoms with Crippen molar-refractivity contribution >= 4 is 17.5 Å². The molecule has 0 saturated carbocycles. The first-order valence-corrected chi connectivity index (χ1v) is 6.31. The minimum atomic E-state index is 0.183. The predicted octanol–water partition coefficient (Wildman–Crippen LogP) is 2.58. The summed E-state index contributed by atoms with van der Waals surface area (Å²) in [4.78, 5) is 4.10. The molecule has 0 aliphatic rings. The quantitative estimate of drug-likeness (QED) is 0.623. The summed E-state index contributed by atoms with van der Waals surface area (Å²) in [5, 5.41) is 4.08. The SMILES string of the molecule is CC(C)N(Cl)c1ccncc1C#Cc1cnn(C)c1. The lowest BCUT2D eigenvalue weighted by Crippen LogP contribution is -2.20. The van der Waals surface area contributed by atoms with Gasteiger partial charge < -0.3 is 0 Å². The van der Waals surface area contributed by atoms with Crippen LogP contribution in [-0.2, 0) is 7.05 Å². The van der Waals surface area contributed by atoms with Gasteiger partial charge in [0.2, 0.25) is 0 Å². The number of hydrogen-bond acceptors (Lipinski definition) is 3. The van der Waals surface area contributed by atoms with Crippen molar-refractivity contribution in [2.24, 2.45) is 7.05 Å². The van der Waals surface area contributed by atoms with Crippen molar-refractivity contribution < 1.29 is 0 Å². The van der Waals surface area contributed by atoms with E-state index in [9.17, 15) is 0 Å². The zero-order chi connectivity index (χ0) is 13.8. The van der Waals surface area contributed by atoms with Crippen molar-refractivity contribution in [1.82, 2.24) is 14.8 Å². The Morgan fingerprint density at radius 3 is 2.74 bits per heavy atom. The van der Waals surface area contributed by atoms with Crippen LogP contribution in [0.3, 0.4) is 0 Å². The lowest BCUT2D eigenvalue weighted by Gasteiger charge is -2.20. The van der Waals surface area contributed by atoms with E-state index in [0.717, 1.165) is 16.8 Å². The lowest BCUT2D eigenvalue weighted by molar-refractivity contribution is 0.767. The Bertz CT molecular complexity index is 622. The highest BCUT2D eigenvalue weighted by atomic mass is 35.5. The molecule has 2 aromatic heterocycles. The van der Waals surface area contributed by atoms with Gasteiger partial charge in [-0.15, -0.1) is 0 Å². The number of pyridine rings is 1. The van der Waals surface area contributed by atoms with Crippen molar-refractivity contribution in [2.75, 3.05) is 4.42 Å². The average Bonchev–Trinajstić information content (AvgIpc) is 2.81. The van der Waals surface area contributed by atoms with Crippen molar-refractivity contribution in [2.45, 2.75) is 19.9 Å². The standard InChI is InChI=1S/C14H15ClN4/c1-11(2)19(15)14-6-7-16-9-13(14)5-4-12-8-17-18(3)10-12/h6-11H,1-3H3. The molecular weight excluding hydrogens is 260 g/mol. The van der Waals surface area contributed by atoms with E-state index in [-0.39, 0.29) is 6.04 Å². The third kappa shape index (κ3) is 3.27. The van der Waals surface area contributed by atoms with Gasteiger partial charge in [0, 0.05) is 43.5 Å². The monoisotopic (exact) mass is 274 g/mol. The van der Waals surface area contributed by atoms with Gasteiger partial charge in [0.15, 0.2) is 0 Å². The third-order valence-corrected chi connectivity index (χ3v) is 3.10. The van der Waals surface area contributed by atoms with Gasteiger partial charge in [0.25, 0.3) is 0 Å². The van der Waals surface area contributed by atoms with Crippen molar-refractivity contribution in [3.05, 3.63) is 42.0 Å². The summed E-state index contributed by atoms with van der Waals surface area (Å²) >= 11 is 6.25. The lowest BCUT2D eigenvalue weighted by atomic mass is 10.2. The van der Waals surface area contributed by atoms with Crippen molar-refractivity contribution in [3.63, 3.8) is 0 Å². The van der Waals surface area contributed by atoms with Crippen LogP contribution in [0.15, 0.2) is 30.9 Å². The van der Waals surface area contributed by atoms with E-state index in [1.165, 1.54) is 0 Å². The Morgan fingerprint density at radius 2 is 2.11 bits per heavy atom. The molecule has 0 spiro atoms. The first-order valence-electron chi connectivity index (χ1n) is 5.97. The molecule has 4 nitrogen and oxygen atoms in total. The number of hydrogen-bond donors (Lipinski definition) is 0. The molecule has 0 radical (unpaired) electrons. The van der Waals surface area contributed by atoms with Gasteiger partial charge in [0.1, 0.15) is 0 Å². The van der Waals surface area contributed by atoms with E-state index in [1.807, 2.05) is 33.2 Å². The Morgan fingerprint density at radius 1 is 1.32 bits per heavy atom. The second-order valence-electron chi connectivity index (χ2n) is 4.45. The Labute approximate surface area is 118 Å². The summed E-state index contributed by atoms with van der Waals surface area (Å²) < 4.78 is 3.38. The second kappa shape index (κ2) is 5.77. The van der Waals surface area contributed by atoms with E-state index in [4.69, 9.17) is 11.8 Å². The molecule has 0 atom stereocenters. The largest absolute Gasteiger partial charge is 0.281 e. The summed E-state index contributed by atoms with van der Waals surface area (Å²) in [6, 6.07) is 2.04. The molecule has 0 unspecified atom stereocenters. The van der Waals surface area contributed by atoms with Crippen LogP contribution in [0.25, 0.3) is 0 Å². The molecule has 0 N–H and O–H groups in total. The van der Waals surface area contributed by atoms with Gasteiger partial charge in [-0.2, -0.15) is 5.10 Å². The minimum Gasteiger partial charge on any atom is -0.281 e. The first-order chi connectivity index (χ1) is 9.08. The highest BCUT2D eigenvalue weighted by molar-refractivity contribution is 6.26. The van der Waals surface area contributed by atoms with Crippen LogP contribution in [-0.4, -0.2) is 20.8 Å². The summed E-state index contributed by atoms with van der Waals surface area (Å²) in [5.74, 6) is 6.14. The van der Waals surface area contributed by atoms with Crippen LogP contribution in [0.4, 0.5) is 5.69 Å². The smallest absolute Gasteiger partial charge is 0.0713 e. The molecule has 0 aromatic carbocycles. The number of nitrogens with zero attached hydrogens (tertiary/aromatic N) is 4. The second-order valence-corrected chi connectivity index (χ2v) is 4.81. The minimum absolute atomic E-state index is 0.183. The van der Waals surface area contributed by atoms with Gasteiger partial charge in [0.05, 0.1) is 23.0 Å². The van der Waals surface area contributed by atoms with Crippen molar-refractivity contribution in [1.29, 1.82) is 0 Å². The van der Waals surface area contributed by atoms with Crippen LogP contribution in [0.1, 0.15) is 25.0 Å². The number of aromatic nitrogens is 3. The molecule has 0 aliphatic heterocycles. The molecule has 2 aromatic rings. The molecule has 0 aliphatic carbocycles. The highest BCUT2D eigenvalue weighted by Crippen LogP contribution is 2.22. The maximum Gasteiger partial charge on any atom is 0.0713 e. The fourth-order valence-corrected chi connectivity index (χ4v) is 1.72. The normalized spacial score (nSPS) is 10.2. The zero-order valence-corrected chi connectivity index (χ0v) is 11.9. The summed E-state index contributed by atoms with van der Waals surface area (Å²) in [7, 11) is 1.86. The maximum atomic E-state index is 6.25. The number of rotatable bonds is 2. The van der Waals surface area contributed by atoms with Crippen LogP contribution in [0.2, 0.25) is 0 Å². The molecule has 0 bridgehead atoms. The van der Waals surface area contributed by atoms with E-state index in [2.05, 4.69) is 21.9 Å². The molecule has 2 rings (SSSR count). The van der Waals surface area contributed by atoms with Gasteiger partial charge in [-0.05, 0) is 19.9 Å². The number of anilines is 1. The average molecular weight is 275 g/mol. The van der Waals surface area contributed by atoms with Gasteiger partial charge in [-0.1, -0.05) is 11.8 Å². The van der Waals surface area contributed by atoms with Gasteiger partial charge in [-0.25, -0.2) is 0 Å². The van der Waals surface area contributed by atoms with Crippen molar-refractivity contribution in [3.8, 4) is 11.8 Å². The molecule has 0 fully saturated rings. The highest BCUT2D eigenvalue weighted by Gasteiger charge is 2.10. The van der Waals surface area contributed by atoms with Gasteiger partial charge >= 0.3 is 0 Å². The first kappa shape index (κ1) is 13.4. The Kier molecular flexibility index (Phi) is 4.08. The van der Waals surface area contributed by atoms with Crippen LogP contribution in [0.5, 0.6) is 0 Å². The summed E-state index contributed by atoms with van der Waals surface area (Å²) in [5.41, 5.74) is 2.53. The number of aryl methyl sites for hydroxylation is 1. The van der Waals surface area contributed by atoms with E-state index in [0.29, 0.717) is 0 Å². The fraction of sp³-hybridized carbons (Fsp3) is 0.286. The maximum absolute atomic E-state index is 6.25.